The smallest absolute Gasteiger partial charge is 0.214 e. The van der Waals surface area contributed by atoms with Crippen molar-refractivity contribution in [1.82, 2.24) is 24.8 Å². The number of Topliss-reactive ketones (excluding diaryl/α,β-unsaturated/α-hetero) is 1. The summed E-state index contributed by atoms with van der Waals surface area (Å²) in [5, 5.41) is 12.6. The van der Waals surface area contributed by atoms with E-state index < -0.39 is 0 Å². The molecule has 33 heavy (non-hydrogen) atoms. The average Bonchev–Trinajstić information content (AvgIpc) is 3.36. The Hall–Kier alpha value is -3.26. The lowest BCUT2D eigenvalue weighted by molar-refractivity contribution is 0.102. The highest BCUT2D eigenvalue weighted by Crippen LogP contribution is 2.24. The van der Waals surface area contributed by atoms with Crippen molar-refractivity contribution in [3.05, 3.63) is 88.0 Å². The predicted octanol–water partition coefficient (Wildman–Crippen LogP) is 5.05. The second kappa shape index (κ2) is 9.70. The zero-order valence-corrected chi connectivity index (χ0v) is 20.0. The Kier molecular flexibility index (Phi) is 6.74. The number of aryl methyl sites for hydroxylation is 4. The largest absolute Gasteiger partial charge is 0.348 e. The molecule has 0 fully saturated rings. The summed E-state index contributed by atoms with van der Waals surface area (Å²) in [6.07, 6.45) is 0.768. The molecular formula is C25H26FN5OS. The zero-order valence-electron chi connectivity index (χ0n) is 19.2. The van der Waals surface area contributed by atoms with Gasteiger partial charge in [0.1, 0.15) is 5.82 Å². The van der Waals surface area contributed by atoms with E-state index in [4.69, 9.17) is 0 Å². The van der Waals surface area contributed by atoms with E-state index in [0.717, 1.165) is 41.2 Å². The van der Waals surface area contributed by atoms with Crippen molar-refractivity contribution >= 4 is 17.5 Å². The molecule has 170 valence electrons. The molecule has 6 nitrogen and oxygen atoms in total. The Labute approximate surface area is 196 Å². The molecule has 4 aromatic rings. The third-order valence-electron chi connectivity index (χ3n) is 5.77. The van der Waals surface area contributed by atoms with E-state index in [-0.39, 0.29) is 17.4 Å². The lowest BCUT2D eigenvalue weighted by Gasteiger charge is -2.10. The summed E-state index contributed by atoms with van der Waals surface area (Å²) in [6.45, 7) is 8.76. The summed E-state index contributed by atoms with van der Waals surface area (Å²) in [5.41, 5.74) is 6.88. The maximum atomic E-state index is 13.1. The minimum absolute atomic E-state index is 0.0383. The third kappa shape index (κ3) is 5.06. The Morgan fingerprint density at radius 2 is 1.79 bits per heavy atom. The number of benzene rings is 2. The van der Waals surface area contributed by atoms with Crippen LogP contribution in [-0.2, 0) is 13.0 Å². The van der Waals surface area contributed by atoms with Gasteiger partial charge in [-0.15, -0.1) is 5.10 Å². The quantitative estimate of drug-likeness (QED) is 0.270. The summed E-state index contributed by atoms with van der Waals surface area (Å²) in [4.78, 5) is 13.0. The molecule has 0 aliphatic carbocycles. The first-order valence-corrected chi connectivity index (χ1v) is 11.7. The van der Waals surface area contributed by atoms with E-state index in [1.807, 2.05) is 45.9 Å². The van der Waals surface area contributed by atoms with Crippen LogP contribution >= 0.6 is 11.8 Å². The molecule has 0 radical (unpaired) electrons. The van der Waals surface area contributed by atoms with Crippen molar-refractivity contribution in [3.8, 4) is 5.69 Å². The van der Waals surface area contributed by atoms with E-state index >= 15 is 0 Å². The number of aromatic nitrogens is 5. The minimum Gasteiger partial charge on any atom is -0.348 e. The van der Waals surface area contributed by atoms with Gasteiger partial charge in [-0.2, -0.15) is 4.68 Å². The van der Waals surface area contributed by atoms with Crippen LogP contribution in [0.2, 0.25) is 0 Å². The van der Waals surface area contributed by atoms with Gasteiger partial charge in [-0.05, 0) is 79.9 Å². The molecule has 0 saturated heterocycles. The van der Waals surface area contributed by atoms with Crippen LogP contribution in [0.3, 0.4) is 0 Å². The Morgan fingerprint density at radius 3 is 2.52 bits per heavy atom. The Balaban J connectivity index is 1.45. The lowest BCUT2D eigenvalue weighted by atomic mass is 10.1. The van der Waals surface area contributed by atoms with Gasteiger partial charge < -0.3 is 4.57 Å². The lowest BCUT2D eigenvalue weighted by Crippen LogP contribution is -2.09. The number of hydrogen-bond donors (Lipinski definition) is 0. The third-order valence-corrected chi connectivity index (χ3v) is 6.68. The van der Waals surface area contributed by atoms with Crippen molar-refractivity contribution in [2.24, 2.45) is 0 Å². The summed E-state index contributed by atoms with van der Waals surface area (Å²) in [5.74, 6) is 0.0467. The van der Waals surface area contributed by atoms with Crippen molar-refractivity contribution in [2.45, 2.75) is 45.8 Å². The normalized spacial score (nSPS) is 11.2. The molecule has 2 aromatic carbocycles. The summed E-state index contributed by atoms with van der Waals surface area (Å²) >= 11 is 1.33. The topological polar surface area (TPSA) is 65.6 Å². The molecule has 2 aromatic heterocycles. The van der Waals surface area contributed by atoms with Gasteiger partial charge in [0.2, 0.25) is 5.16 Å². The fourth-order valence-electron chi connectivity index (χ4n) is 3.99. The molecule has 0 N–H and O–H groups in total. The number of ketones is 1. The minimum atomic E-state index is -0.235. The van der Waals surface area contributed by atoms with Crippen molar-refractivity contribution in [2.75, 3.05) is 5.75 Å². The number of hydrogen-bond acceptors (Lipinski definition) is 5. The van der Waals surface area contributed by atoms with Crippen LogP contribution in [0.4, 0.5) is 4.39 Å². The monoisotopic (exact) mass is 463 g/mol. The van der Waals surface area contributed by atoms with Gasteiger partial charge in [0.15, 0.2) is 5.78 Å². The van der Waals surface area contributed by atoms with Gasteiger partial charge in [0.05, 0.1) is 11.4 Å². The van der Waals surface area contributed by atoms with Crippen molar-refractivity contribution < 1.29 is 9.18 Å². The van der Waals surface area contributed by atoms with Gasteiger partial charge >= 0.3 is 0 Å². The number of nitrogens with zero attached hydrogens (tertiary/aromatic N) is 5. The molecule has 8 heteroatoms. The number of halogens is 1. The maximum Gasteiger partial charge on any atom is 0.214 e. The molecular weight excluding hydrogens is 437 g/mol. The highest BCUT2D eigenvalue weighted by Gasteiger charge is 2.18. The van der Waals surface area contributed by atoms with E-state index in [1.165, 1.54) is 29.5 Å². The van der Waals surface area contributed by atoms with E-state index in [9.17, 15) is 9.18 Å². The van der Waals surface area contributed by atoms with Crippen molar-refractivity contribution in [3.63, 3.8) is 0 Å². The zero-order chi connectivity index (χ0) is 23.5. The molecule has 0 bridgehead atoms. The first-order chi connectivity index (χ1) is 15.8. The van der Waals surface area contributed by atoms with Crippen LogP contribution in [0, 0.1) is 33.5 Å². The van der Waals surface area contributed by atoms with E-state index in [0.29, 0.717) is 10.7 Å². The average molecular weight is 464 g/mol. The number of carbonyl (C=O) groups excluding carboxylic acids is 1. The second-order valence-corrected chi connectivity index (χ2v) is 9.13. The molecule has 0 aliphatic rings. The van der Waals surface area contributed by atoms with Crippen LogP contribution in [-0.4, -0.2) is 36.3 Å². The number of thioether (sulfide) groups is 1. The molecule has 0 atom stereocenters. The van der Waals surface area contributed by atoms with Gasteiger partial charge in [-0.3, -0.25) is 4.79 Å². The second-order valence-electron chi connectivity index (χ2n) is 8.19. The molecule has 4 rings (SSSR count). The van der Waals surface area contributed by atoms with Crippen molar-refractivity contribution in [1.29, 1.82) is 0 Å². The number of tetrazole rings is 1. The Bertz CT molecular complexity index is 1290. The van der Waals surface area contributed by atoms with Crippen LogP contribution in [0.15, 0.2) is 53.7 Å². The Morgan fingerprint density at radius 1 is 1.03 bits per heavy atom. The first-order valence-electron chi connectivity index (χ1n) is 10.8. The highest BCUT2D eigenvalue weighted by atomic mass is 32.2. The van der Waals surface area contributed by atoms with Crippen LogP contribution < -0.4 is 0 Å². The van der Waals surface area contributed by atoms with E-state index in [1.54, 1.807) is 16.8 Å². The molecule has 0 amide bonds. The van der Waals surface area contributed by atoms with Gasteiger partial charge in [-0.1, -0.05) is 41.6 Å². The van der Waals surface area contributed by atoms with Gasteiger partial charge in [0, 0.05) is 23.5 Å². The van der Waals surface area contributed by atoms with E-state index in [2.05, 4.69) is 26.2 Å². The number of carbonyl (C=O) groups is 1. The van der Waals surface area contributed by atoms with Crippen LogP contribution in [0.5, 0.6) is 0 Å². The molecule has 0 unspecified atom stereocenters. The molecule has 0 spiro atoms. The summed E-state index contributed by atoms with van der Waals surface area (Å²) in [7, 11) is 0. The van der Waals surface area contributed by atoms with Gasteiger partial charge in [0.25, 0.3) is 0 Å². The first kappa shape index (κ1) is 22.9. The highest BCUT2D eigenvalue weighted by molar-refractivity contribution is 7.99. The molecule has 2 heterocycles. The van der Waals surface area contributed by atoms with Crippen LogP contribution in [0.1, 0.15) is 38.4 Å². The van der Waals surface area contributed by atoms with Gasteiger partial charge in [-0.25, -0.2) is 4.39 Å². The maximum absolute atomic E-state index is 13.1. The molecule has 0 saturated carbocycles. The van der Waals surface area contributed by atoms with Crippen LogP contribution in [0.25, 0.3) is 5.69 Å². The molecule has 0 aliphatic heterocycles. The summed E-state index contributed by atoms with van der Waals surface area (Å²) in [6, 6.07) is 14.6. The standard InChI is InChI=1S/C25H26FN5OS/c1-16-5-10-23(17(2)13-16)31-25(27-28-29-31)33-15-24(32)22-14-18(3)30(19(22)4)12-11-20-6-8-21(26)9-7-20/h5-10,13-14H,11-12,15H2,1-4H3. The fraction of sp³-hybridized carbons (Fsp3) is 0.280. The summed E-state index contributed by atoms with van der Waals surface area (Å²) < 4.78 is 17.0. The fourth-order valence-corrected chi connectivity index (χ4v) is 4.76. The SMILES string of the molecule is Cc1ccc(-n2nnnc2SCC(=O)c2cc(C)n(CCc3ccc(F)cc3)c2C)c(C)c1. The number of rotatable bonds is 8. The predicted molar refractivity (Wildman–Crippen MR) is 128 cm³/mol.